The predicted molar refractivity (Wildman–Crippen MR) is 72.7 cm³/mol. The minimum atomic E-state index is -0.962. The van der Waals surface area contributed by atoms with Gasteiger partial charge in [-0.1, -0.05) is 28.9 Å². The van der Waals surface area contributed by atoms with Crippen molar-refractivity contribution in [3.8, 4) is 0 Å². The molecule has 0 radical (unpaired) electrons. The monoisotopic (exact) mass is 296 g/mol. The third-order valence-electron chi connectivity index (χ3n) is 2.78. The maximum Gasteiger partial charge on any atom is 0.305 e. The highest BCUT2D eigenvalue weighted by atomic mass is 35.5. The zero-order valence-corrected chi connectivity index (χ0v) is 11.3. The molecule has 2 rings (SSSR count). The fraction of sp³-hybridized carbons (Fsp3) is 0.308. The molecule has 106 valence electrons. The van der Waals surface area contributed by atoms with Gasteiger partial charge in [-0.05, 0) is 17.7 Å². The summed E-state index contributed by atoms with van der Waals surface area (Å²) in [6, 6.07) is 7.07. The number of hydrogen-bond donors (Lipinski definition) is 2. The third-order valence-corrected chi connectivity index (χ3v) is 3.03. The first-order chi connectivity index (χ1) is 9.56. The number of amides is 1. The smallest absolute Gasteiger partial charge is 0.305 e. The maximum absolute atomic E-state index is 11.7. The lowest BCUT2D eigenvalue weighted by Gasteiger charge is -2.08. The van der Waals surface area contributed by atoms with E-state index in [1.54, 1.807) is 24.3 Å². The summed E-state index contributed by atoms with van der Waals surface area (Å²) in [5.74, 6) is -1.32. The summed E-state index contributed by atoms with van der Waals surface area (Å²) >= 11 is 5.80. The van der Waals surface area contributed by atoms with E-state index in [1.165, 1.54) is 0 Å². The number of rotatable bonds is 5. The number of carbonyl (C=O) groups is 2. The standard InChI is InChI=1S/C13H13ClN2O4/c14-9-3-1-8(2-4-9)10-7-11(20-16-10)13(19)15-6-5-12(17)18/h1-4,11H,5-7H2,(H,15,19)(H,17,18)/t11-/m0/s1. The summed E-state index contributed by atoms with van der Waals surface area (Å²) in [5.41, 5.74) is 1.51. The van der Waals surface area contributed by atoms with Gasteiger partial charge in [0.1, 0.15) is 0 Å². The number of nitrogens with zero attached hydrogens (tertiary/aromatic N) is 1. The molecular weight excluding hydrogens is 284 g/mol. The lowest BCUT2D eigenvalue weighted by molar-refractivity contribution is -0.137. The highest BCUT2D eigenvalue weighted by Gasteiger charge is 2.28. The lowest BCUT2D eigenvalue weighted by atomic mass is 10.0. The van der Waals surface area contributed by atoms with Crippen LogP contribution in [0.15, 0.2) is 29.4 Å². The van der Waals surface area contributed by atoms with E-state index in [-0.39, 0.29) is 18.9 Å². The van der Waals surface area contributed by atoms with Crippen LogP contribution in [0.25, 0.3) is 0 Å². The van der Waals surface area contributed by atoms with E-state index in [4.69, 9.17) is 21.5 Å². The van der Waals surface area contributed by atoms with E-state index in [9.17, 15) is 9.59 Å². The molecule has 1 aromatic carbocycles. The van der Waals surface area contributed by atoms with Gasteiger partial charge in [-0.2, -0.15) is 0 Å². The Hall–Kier alpha value is -2.08. The Balaban J connectivity index is 1.86. The van der Waals surface area contributed by atoms with Gasteiger partial charge in [0.05, 0.1) is 12.1 Å². The molecule has 0 bridgehead atoms. The average molecular weight is 297 g/mol. The fourth-order valence-electron chi connectivity index (χ4n) is 1.74. The van der Waals surface area contributed by atoms with Crippen molar-refractivity contribution in [3.63, 3.8) is 0 Å². The zero-order valence-electron chi connectivity index (χ0n) is 10.5. The van der Waals surface area contributed by atoms with Crippen molar-refractivity contribution >= 4 is 29.2 Å². The number of oxime groups is 1. The molecule has 1 amide bonds. The molecule has 0 spiro atoms. The summed E-state index contributed by atoms with van der Waals surface area (Å²) in [5, 5.41) is 15.5. The van der Waals surface area contributed by atoms with E-state index >= 15 is 0 Å². The van der Waals surface area contributed by atoms with Crippen molar-refractivity contribution in [2.24, 2.45) is 5.16 Å². The first kappa shape index (κ1) is 14.3. The Morgan fingerprint density at radius 1 is 1.40 bits per heavy atom. The molecule has 1 atom stereocenters. The fourth-order valence-corrected chi connectivity index (χ4v) is 1.86. The molecule has 1 aliphatic rings. The molecule has 2 N–H and O–H groups in total. The van der Waals surface area contributed by atoms with Gasteiger partial charge in [-0.3, -0.25) is 9.59 Å². The molecule has 1 heterocycles. The number of hydrogen-bond acceptors (Lipinski definition) is 4. The highest BCUT2D eigenvalue weighted by Crippen LogP contribution is 2.18. The summed E-state index contributed by atoms with van der Waals surface area (Å²) in [6.45, 7) is 0.0737. The quantitative estimate of drug-likeness (QED) is 0.860. The summed E-state index contributed by atoms with van der Waals surface area (Å²) in [4.78, 5) is 27.2. The van der Waals surface area contributed by atoms with Crippen molar-refractivity contribution in [3.05, 3.63) is 34.9 Å². The summed E-state index contributed by atoms with van der Waals surface area (Å²) in [7, 11) is 0. The van der Waals surface area contributed by atoms with Gasteiger partial charge in [-0.15, -0.1) is 0 Å². The molecular formula is C13H13ClN2O4. The Morgan fingerprint density at radius 3 is 2.75 bits per heavy atom. The van der Waals surface area contributed by atoms with E-state index < -0.39 is 12.1 Å². The molecule has 1 aliphatic heterocycles. The SMILES string of the molecule is O=C(O)CCNC(=O)[C@@H]1CC(c2ccc(Cl)cc2)=NO1. The van der Waals surface area contributed by atoms with E-state index in [0.717, 1.165) is 5.56 Å². The van der Waals surface area contributed by atoms with Gasteiger partial charge in [0.2, 0.25) is 6.10 Å². The Morgan fingerprint density at radius 2 is 2.10 bits per heavy atom. The third kappa shape index (κ3) is 3.71. The second kappa shape index (κ2) is 6.38. The second-order valence-corrected chi connectivity index (χ2v) is 4.71. The molecule has 0 saturated carbocycles. The molecule has 0 fully saturated rings. The molecule has 0 aliphatic carbocycles. The maximum atomic E-state index is 11.7. The van der Waals surface area contributed by atoms with Crippen LogP contribution in [0.1, 0.15) is 18.4 Å². The molecule has 0 unspecified atom stereocenters. The van der Waals surface area contributed by atoms with Crippen LogP contribution >= 0.6 is 11.6 Å². The van der Waals surface area contributed by atoms with Crippen molar-refractivity contribution in [2.75, 3.05) is 6.54 Å². The molecule has 7 heteroatoms. The van der Waals surface area contributed by atoms with Crippen LogP contribution in [-0.2, 0) is 14.4 Å². The van der Waals surface area contributed by atoms with Crippen LogP contribution in [-0.4, -0.2) is 35.3 Å². The van der Waals surface area contributed by atoms with Gasteiger partial charge in [0.15, 0.2) is 0 Å². The van der Waals surface area contributed by atoms with Crippen molar-refractivity contribution in [1.29, 1.82) is 0 Å². The lowest BCUT2D eigenvalue weighted by Crippen LogP contribution is -2.36. The van der Waals surface area contributed by atoms with Crippen LogP contribution in [0.4, 0.5) is 0 Å². The summed E-state index contributed by atoms with van der Waals surface area (Å²) < 4.78 is 0. The van der Waals surface area contributed by atoms with Gasteiger partial charge in [0.25, 0.3) is 5.91 Å². The predicted octanol–water partition coefficient (Wildman–Crippen LogP) is 1.42. The van der Waals surface area contributed by atoms with E-state index in [1.807, 2.05) is 0 Å². The minimum absolute atomic E-state index is 0.0737. The van der Waals surface area contributed by atoms with Crippen LogP contribution in [0.5, 0.6) is 0 Å². The normalized spacial score (nSPS) is 17.2. The number of nitrogens with one attached hydrogen (secondary N) is 1. The largest absolute Gasteiger partial charge is 0.481 e. The zero-order chi connectivity index (χ0) is 14.5. The van der Waals surface area contributed by atoms with E-state index in [0.29, 0.717) is 17.2 Å². The molecule has 0 aromatic heterocycles. The first-order valence-corrected chi connectivity index (χ1v) is 6.42. The number of aliphatic carboxylic acids is 1. The minimum Gasteiger partial charge on any atom is -0.481 e. The van der Waals surface area contributed by atoms with E-state index in [2.05, 4.69) is 10.5 Å². The Bertz CT molecular complexity index is 542. The highest BCUT2D eigenvalue weighted by molar-refractivity contribution is 6.30. The Labute approximate surface area is 120 Å². The van der Waals surface area contributed by atoms with Gasteiger partial charge in [0, 0.05) is 18.0 Å². The van der Waals surface area contributed by atoms with Gasteiger partial charge < -0.3 is 15.3 Å². The Kier molecular flexibility index (Phi) is 4.57. The molecule has 1 aromatic rings. The topological polar surface area (TPSA) is 88.0 Å². The average Bonchev–Trinajstić information content (AvgIpc) is 2.88. The number of benzene rings is 1. The second-order valence-electron chi connectivity index (χ2n) is 4.28. The van der Waals surface area contributed by atoms with Crippen LogP contribution in [0.2, 0.25) is 5.02 Å². The molecule has 0 saturated heterocycles. The molecule has 6 nitrogen and oxygen atoms in total. The number of carboxylic acid groups (broad SMARTS) is 1. The van der Waals surface area contributed by atoms with Crippen molar-refractivity contribution in [2.45, 2.75) is 18.9 Å². The van der Waals surface area contributed by atoms with Crippen LogP contribution in [0.3, 0.4) is 0 Å². The van der Waals surface area contributed by atoms with Crippen LogP contribution in [0, 0.1) is 0 Å². The van der Waals surface area contributed by atoms with Crippen molar-refractivity contribution in [1.82, 2.24) is 5.32 Å². The summed E-state index contributed by atoms with van der Waals surface area (Å²) in [6.07, 6.45) is -0.487. The first-order valence-electron chi connectivity index (χ1n) is 6.04. The molecule has 20 heavy (non-hydrogen) atoms. The number of carboxylic acids is 1. The van der Waals surface area contributed by atoms with Crippen molar-refractivity contribution < 1.29 is 19.5 Å². The van der Waals surface area contributed by atoms with Gasteiger partial charge in [-0.25, -0.2) is 0 Å². The van der Waals surface area contributed by atoms with Crippen LogP contribution < -0.4 is 5.32 Å². The number of halogens is 1. The van der Waals surface area contributed by atoms with Gasteiger partial charge >= 0.3 is 5.97 Å². The number of carbonyl (C=O) groups excluding carboxylic acids is 1.